The van der Waals surface area contributed by atoms with Gasteiger partial charge in [-0.25, -0.2) is 0 Å². The van der Waals surface area contributed by atoms with Gasteiger partial charge in [-0.2, -0.15) is 0 Å². The van der Waals surface area contributed by atoms with Crippen LogP contribution in [0, 0.1) is 17.3 Å². The lowest BCUT2D eigenvalue weighted by Gasteiger charge is -2.48. The van der Waals surface area contributed by atoms with Crippen LogP contribution in [0.15, 0.2) is 36.7 Å². The molecular weight excluding hydrogens is 349 g/mol. The van der Waals surface area contributed by atoms with E-state index in [4.69, 9.17) is 9.31 Å². The van der Waals surface area contributed by atoms with Gasteiger partial charge in [-0.3, -0.25) is 9.78 Å². The van der Waals surface area contributed by atoms with Gasteiger partial charge in [-0.15, -0.1) is 0 Å². The molecule has 3 aliphatic carbocycles. The SMILES string of the molecule is C[C@]12CC[C@@H]3c4cc5c(cc4CC[C@H]3[C@@H]1CCC2=O)OB(c1ccncc1)O5. The zero-order valence-corrected chi connectivity index (χ0v) is 16.2. The Labute approximate surface area is 165 Å². The van der Waals surface area contributed by atoms with Gasteiger partial charge in [0.05, 0.1) is 0 Å². The molecule has 0 radical (unpaired) electrons. The van der Waals surface area contributed by atoms with E-state index < -0.39 is 0 Å². The number of fused-ring (bicyclic) bond motifs is 6. The molecule has 6 rings (SSSR count). The summed E-state index contributed by atoms with van der Waals surface area (Å²) in [6, 6.07) is 8.31. The molecule has 2 saturated carbocycles. The van der Waals surface area contributed by atoms with Gasteiger partial charge < -0.3 is 9.31 Å². The lowest BCUT2D eigenvalue weighted by molar-refractivity contribution is -0.129. The van der Waals surface area contributed by atoms with Crippen LogP contribution < -0.4 is 14.8 Å². The second-order valence-corrected chi connectivity index (χ2v) is 9.18. The van der Waals surface area contributed by atoms with Crippen LogP contribution in [-0.2, 0) is 11.2 Å². The Morgan fingerprint density at radius 2 is 1.86 bits per heavy atom. The summed E-state index contributed by atoms with van der Waals surface area (Å²) in [7, 11) is -0.389. The molecule has 2 aromatic rings. The second-order valence-electron chi connectivity index (χ2n) is 9.18. The monoisotopic (exact) mass is 373 g/mol. The molecule has 0 saturated heterocycles. The molecule has 0 N–H and O–H groups in total. The van der Waals surface area contributed by atoms with E-state index in [1.165, 1.54) is 17.5 Å². The molecule has 1 aromatic heterocycles. The van der Waals surface area contributed by atoms with Crippen molar-refractivity contribution >= 4 is 18.4 Å². The van der Waals surface area contributed by atoms with Gasteiger partial charge in [-0.1, -0.05) is 6.92 Å². The maximum atomic E-state index is 12.5. The van der Waals surface area contributed by atoms with Crippen molar-refractivity contribution in [1.29, 1.82) is 0 Å². The first kappa shape index (κ1) is 16.6. The van der Waals surface area contributed by atoms with Gasteiger partial charge in [0.1, 0.15) is 17.3 Å². The highest BCUT2D eigenvalue weighted by molar-refractivity contribution is 6.63. The molecule has 0 unspecified atom stereocenters. The van der Waals surface area contributed by atoms with Crippen LogP contribution in [0.2, 0.25) is 0 Å². The Kier molecular flexibility index (Phi) is 3.48. The molecule has 28 heavy (non-hydrogen) atoms. The summed E-state index contributed by atoms with van der Waals surface area (Å²) in [5, 5.41) is 0. The van der Waals surface area contributed by atoms with E-state index in [0.29, 0.717) is 23.5 Å². The van der Waals surface area contributed by atoms with Crippen molar-refractivity contribution in [2.45, 2.75) is 51.4 Å². The Balaban J connectivity index is 1.33. The first-order chi connectivity index (χ1) is 13.6. The van der Waals surface area contributed by atoms with Crippen LogP contribution in [-0.4, -0.2) is 17.9 Å². The Morgan fingerprint density at radius 3 is 2.68 bits per heavy atom. The number of aryl methyl sites for hydroxylation is 1. The summed E-state index contributed by atoms with van der Waals surface area (Å²) in [6.45, 7) is 2.23. The smallest absolute Gasteiger partial charge is 0.519 e. The number of ketones is 1. The van der Waals surface area contributed by atoms with E-state index in [1.807, 2.05) is 12.1 Å². The van der Waals surface area contributed by atoms with E-state index in [1.54, 1.807) is 12.4 Å². The average molecular weight is 373 g/mol. The number of pyridine rings is 1. The fraction of sp³-hybridized carbons (Fsp3) is 0.478. The summed E-state index contributed by atoms with van der Waals surface area (Å²) in [6.07, 6.45) is 9.82. The topological polar surface area (TPSA) is 48.4 Å². The molecule has 142 valence electrons. The van der Waals surface area contributed by atoms with Crippen LogP contribution in [0.25, 0.3) is 0 Å². The summed E-state index contributed by atoms with van der Waals surface area (Å²) in [5.74, 6) is 3.97. The first-order valence-electron chi connectivity index (χ1n) is 10.6. The number of Topliss-reactive ketones (excluding diaryl/α,β-unsaturated/α-hetero) is 1. The third kappa shape index (κ3) is 2.25. The van der Waals surface area contributed by atoms with Gasteiger partial charge in [-0.05, 0) is 85.3 Å². The van der Waals surface area contributed by atoms with Crippen molar-refractivity contribution in [3.05, 3.63) is 47.8 Å². The number of nitrogens with zero attached hydrogens (tertiary/aromatic N) is 1. The number of hydrogen-bond acceptors (Lipinski definition) is 4. The number of hydrogen-bond donors (Lipinski definition) is 0. The van der Waals surface area contributed by atoms with E-state index in [-0.39, 0.29) is 12.5 Å². The van der Waals surface area contributed by atoms with Crippen LogP contribution in [0.3, 0.4) is 0 Å². The van der Waals surface area contributed by atoms with Gasteiger partial charge in [0.2, 0.25) is 0 Å². The third-order valence-corrected chi connectivity index (χ3v) is 7.94. The highest BCUT2D eigenvalue weighted by Crippen LogP contribution is 2.60. The van der Waals surface area contributed by atoms with E-state index in [0.717, 1.165) is 49.1 Å². The molecule has 5 heteroatoms. The van der Waals surface area contributed by atoms with Crippen molar-refractivity contribution in [3.8, 4) is 11.5 Å². The van der Waals surface area contributed by atoms with Crippen molar-refractivity contribution in [2.75, 3.05) is 0 Å². The third-order valence-electron chi connectivity index (χ3n) is 7.94. The Morgan fingerprint density at radius 1 is 1.07 bits per heavy atom. The minimum atomic E-state index is -0.389. The average Bonchev–Trinajstić information content (AvgIpc) is 3.27. The predicted molar refractivity (Wildman–Crippen MR) is 107 cm³/mol. The lowest BCUT2D eigenvalue weighted by atomic mass is 9.55. The van der Waals surface area contributed by atoms with Crippen molar-refractivity contribution in [3.63, 3.8) is 0 Å². The van der Waals surface area contributed by atoms with Crippen molar-refractivity contribution in [2.24, 2.45) is 17.3 Å². The molecular formula is C23H24BNO3. The number of aromatic nitrogens is 1. The van der Waals surface area contributed by atoms with Crippen molar-refractivity contribution < 1.29 is 14.1 Å². The fourth-order valence-corrected chi connectivity index (χ4v) is 6.44. The summed E-state index contributed by atoms with van der Waals surface area (Å²) in [5.41, 5.74) is 3.77. The molecule has 2 heterocycles. The van der Waals surface area contributed by atoms with Crippen molar-refractivity contribution in [1.82, 2.24) is 4.98 Å². The maximum absolute atomic E-state index is 12.5. The molecule has 4 aliphatic rings. The Hall–Kier alpha value is -2.30. The minimum absolute atomic E-state index is 0.0680. The molecule has 1 aromatic carbocycles. The molecule has 0 spiro atoms. The quantitative estimate of drug-likeness (QED) is 0.716. The van der Waals surface area contributed by atoms with Crippen LogP contribution in [0.4, 0.5) is 0 Å². The number of rotatable bonds is 1. The molecule has 1 aliphatic heterocycles. The van der Waals surface area contributed by atoms with E-state index in [9.17, 15) is 4.79 Å². The number of benzene rings is 1. The maximum Gasteiger partial charge on any atom is 0.632 e. The minimum Gasteiger partial charge on any atom is -0.519 e. The largest absolute Gasteiger partial charge is 0.632 e. The summed E-state index contributed by atoms with van der Waals surface area (Å²) >= 11 is 0. The summed E-state index contributed by atoms with van der Waals surface area (Å²) in [4.78, 5) is 16.6. The number of carbonyl (C=O) groups excluding carboxylic acids is 1. The fourth-order valence-electron chi connectivity index (χ4n) is 6.44. The highest BCUT2D eigenvalue weighted by Gasteiger charge is 2.54. The molecule has 2 fully saturated rings. The van der Waals surface area contributed by atoms with E-state index >= 15 is 0 Å². The Bertz CT molecular complexity index is 962. The van der Waals surface area contributed by atoms with Crippen LogP contribution in [0.5, 0.6) is 11.5 Å². The molecule has 4 atom stereocenters. The standard InChI is InChI=1S/C23H24BNO3/c1-23-9-6-16-17(19(23)4-5-22(23)26)3-2-14-12-20-21(13-18(14)16)28-24(27-20)15-7-10-25-11-8-15/h7-8,10-13,16-17,19H,2-6,9H2,1H3/t16-,17+,19-,23-/m0/s1. The van der Waals surface area contributed by atoms with Gasteiger partial charge >= 0.3 is 7.12 Å². The van der Waals surface area contributed by atoms with Gasteiger partial charge in [0.15, 0.2) is 0 Å². The molecule has 0 amide bonds. The highest BCUT2D eigenvalue weighted by atomic mass is 16.6. The normalized spacial score (nSPS) is 32.7. The van der Waals surface area contributed by atoms with Crippen LogP contribution >= 0.6 is 0 Å². The second kappa shape index (κ2) is 5.85. The lowest BCUT2D eigenvalue weighted by Crippen LogP contribution is -2.42. The van der Waals surface area contributed by atoms with E-state index in [2.05, 4.69) is 24.0 Å². The zero-order valence-electron chi connectivity index (χ0n) is 16.2. The van der Waals surface area contributed by atoms with Gasteiger partial charge in [0, 0.05) is 29.7 Å². The molecule has 4 nitrogen and oxygen atoms in total. The molecule has 0 bridgehead atoms. The van der Waals surface area contributed by atoms with Crippen LogP contribution in [0.1, 0.15) is 56.1 Å². The first-order valence-corrected chi connectivity index (χ1v) is 10.6. The predicted octanol–water partition coefficient (Wildman–Crippen LogP) is 3.67. The van der Waals surface area contributed by atoms with Gasteiger partial charge in [0.25, 0.3) is 0 Å². The number of carbonyl (C=O) groups is 1. The summed E-state index contributed by atoms with van der Waals surface area (Å²) < 4.78 is 12.3. The zero-order chi connectivity index (χ0) is 18.9.